The van der Waals surface area contributed by atoms with Gasteiger partial charge in [-0.3, -0.25) is 4.79 Å². The summed E-state index contributed by atoms with van der Waals surface area (Å²) in [6, 6.07) is 9.92. The van der Waals surface area contributed by atoms with E-state index in [1.807, 2.05) is 30.3 Å². The number of ether oxygens (including phenoxy) is 1. The zero-order valence-electron chi connectivity index (χ0n) is 10.3. The Hall–Kier alpha value is -1.64. The molecule has 92 valence electrons. The molecule has 0 aromatic heterocycles. The fraction of sp³-hybridized carbons (Fsp3) is 0.429. The van der Waals surface area contributed by atoms with Gasteiger partial charge in [0.2, 0.25) is 0 Å². The third-order valence-electron chi connectivity index (χ3n) is 2.69. The standard InChI is InChI=1S/C14H18O3/c1-11(15)10-13(14(16)17-2)9-8-12-6-4-3-5-7-12/h3-7,13H,8-10H2,1-2H3. The predicted molar refractivity (Wildman–Crippen MR) is 65.6 cm³/mol. The van der Waals surface area contributed by atoms with Gasteiger partial charge in [0.1, 0.15) is 5.78 Å². The summed E-state index contributed by atoms with van der Waals surface area (Å²) in [5, 5.41) is 0. The Morgan fingerprint density at radius 3 is 2.41 bits per heavy atom. The molecule has 1 atom stereocenters. The third-order valence-corrected chi connectivity index (χ3v) is 2.69. The summed E-state index contributed by atoms with van der Waals surface area (Å²) in [4.78, 5) is 22.6. The lowest BCUT2D eigenvalue weighted by Gasteiger charge is -2.12. The van der Waals surface area contributed by atoms with Crippen molar-refractivity contribution < 1.29 is 14.3 Å². The van der Waals surface area contributed by atoms with Gasteiger partial charge >= 0.3 is 5.97 Å². The highest BCUT2D eigenvalue weighted by Crippen LogP contribution is 2.15. The van der Waals surface area contributed by atoms with E-state index < -0.39 is 0 Å². The molecule has 17 heavy (non-hydrogen) atoms. The van der Waals surface area contributed by atoms with Crippen LogP contribution in [0, 0.1) is 5.92 Å². The molecule has 0 fully saturated rings. The molecule has 0 aliphatic rings. The van der Waals surface area contributed by atoms with Crippen molar-refractivity contribution in [3.8, 4) is 0 Å². The molecular weight excluding hydrogens is 216 g/mol. The van der Waals surface area contributed by atoms with Gasteiger partial charge < -0.3 is 9.53 Å². The van der Waals surface area contributed by atoms with Crippen LogP contribution in [0.5, 0.6) is 0 Å². The summed E-state index contributed by atoms with van der Waals surface area (Å²) < 4.78 is 4.71. The predicted octanol–water partition coefficient (Wildman–Crippen LogP) is 2.39. The van der Waals surface area contributed by atoms with Crippen molar-refractivity contribution in [2.24, 2.45) is 5.92 Å². The largest absolute Gasteiger partial charge is 0.469 e. The lowest BCUT2D eigenvalue weighted by molar-refractivity contribution is -0.147. The van der Waals surface area contributed by atoms with Crippen molar-refractivity contribution in [2.75, 3.05) is 7.11 Å². The van der Waals surface area contributed by atoms with Crippen molar-refractivity contribution in [2.45, 2.75) is 26.2 Å². The number of Topliss-reactive ketones (excluding diaryl/α,β-unsaturated/α-hetero) is 1. The maximum Gasteiger partial charge on any atom is 0.309 e. The molecule has 0 N–H and O–H groups in total. The minimum Gasteiger partial charge on any atom is -0.469 e. The van der Waals surface area contributed by atoms with Crippen LogP contribution in [0.4, 0.5) is 0 Å². The van der Waals surface area contributed by atoms with Crippen LogP contribution in [0.25, 0.3) is 0 Å². The van der Waals surface area contributed by atoms with E-state index in [2.05, 4.69) is 0 Å². The molecule has 0 aliphatic heterocycles. The fourth-order valence-electron chi connectivity index (χ4n) is 1.80. The number of esters is 1. The summed E-state index contributed by atoms with van der Waals surface area (Å²) >= 11 is 0. The zero-order valence-corrected chi connectivity index (χ0v) is 10.3. The number of ketones is 1. The van der Waals surface area contributed by atoms with Gasteiger partial charge in [0, 0.05) is 6.42 Å². The lowest BCUT2D eigenvalue weighted by atomic mass is 9.95. The van der Waals surface area contributed by atoms with E-state index in [9.17, 15) is 9.59 Å². The zero-order chi connectivity index (χ0) is 12.7. The van der Waals surface area contributed by atoms with E-state index in [0.29, 0.717) is 6.42 Å². The van der Waals surface area contributed by atoms with E-state index in [1.54, 1.807) is 0 Å². The maximum atomic E-state index is 11.5. The Kier molecular flexibility index (Phi) is 5.40. The molecule has 0 saturated carbocycles. The number of hydrogen-bond acceptors (Lipinski definition) is 3. The molecule has 1 unspecified atom stereocenters. The van der Waals surface area contributed by atoms with Crippen molar-refractivity contribution in [1.29, 1.82) is 0 Å². The highest BCUT2D eigenvalue weighted by molar-refractivity contribution is 5.82. The summed E-state index contributed by atoms with van der Waals surface area (Å²) in [6.45, 7) is 1.50. The molecular formula is C14H18O3. The van der Waals surface area contributed by atoms with Gasteiger partial charge in [-0.15, -0.1) is 0 Å². The summed E-state index contributed by atoms with van der Waals surface area (Å²) in [7, 11) is 1.36. The van der Waals surface area contributed by atoms with Gasteiger partial charge in [-0.25, -0.2) is 0 Å². The van der Waals surface area contributed by atoms with Crippen molar-refractivity contribution in [3.63, 3.8) is 0 Å². The van der Waals surface area contributed by atoms with Gasteiger partial charge in [0.15, 0.2) is 0 Å². The second-order valence-electron chi connectivity index (χ2n) is 4.15. The van der Waals surface area contributed by atoms with Crippen LogP contribution in [-0.2, 0) is 20.7 Å². The molecule has 0 aliphatic carbocycles. The average Bonchev–Trinajstić information content (AvgIpc) is 2.34. The van der Waals surface area contributed by atoms with E-state index in [-0.39, 0.29) is 24.1 Å². The van der Waals surface area contributed by atoms with Crippen molar-refractivity contribution >= 4 is 11.8 Å². The molecule has 1 aromatic carbocycles. The second-order valence-corrected chi connectivity index (χ2v) is 4.15. The monoisotopic (exact) mass is 234 g/mol. The minimum atomic E-state index is -0.322. The molecule has 0 bridgehead atoms. The number of aryl methyl sites for hydroxylation is 1. The van der Waals surface area contributed by atoms with Crippen molar-refractivity contribution in [1.82, 2.24) is 0 Å². The summed E-state index contributed by atoms with van der Waals surface area (Å²) in [5.74, 6) is -0.595. The number of carbonyl (C=O) groups excluding carboxylic acids is 2. The number of carbonyl (C=O) groups is 2. The van der Waals surface area contributed by atoms with Gasteiger partial charge in [0.25, 0.3) is 0 Å². The highest BCUT2D eigenvalue weighted by Gasteiger charge is 2.20. The molecule has 1 aromatic rings. The molecule has 0 heterocycles. The first kappa shape index (κ1) is 13.4. The Labute approximate surface area is 102 Å². The van der Waals surface area contributed by atoms with E-state index in [4.69, 9.17) is 4.74 Å². The van der Waals surface area contributed by atoms with Gasteiger partial charge in [0.05, 0.1) is 13.0 Å². The van der Waals surface area contributed by atoms with E-state index in [0.717, 1.165) is 6.42 Å². The quantitative estimate of drug-likeness (QED) is 0.710. The van der Waals surface area contributed by atoms with Gasteiger partial charge in [-0.05, 0) is 25.3 Å². The lowest BCUT2D eigenvalue weighted by Crippen LogP contribution is -2.19. The minimum absolute atomic E-state index is 0.0217. The number of rotatable bonds is 6. The van der Waals surface area contributed by atoms with Crippen LogP contribution in [0.1, 0.15) is 25.3 Å². The number of methoxy groups -OCH3 is 1. The van der Waals surface area contributed by atoms with Gasteiger partial charge in [-0.2, -0.15) is 0 Å². The molecule has 0 amide bonds. The second kappa shape index (κ2) is 6.84. The highest BCUT2D eigenvalue weighted by atomic mass is 16.5. The first-order valence-corrected chi connectivity index (χ1v) is 5.74. The third kappa shape index (κ3) is 4.81. The topological polar surface area (TPSA) is 43.4 Å². The van der Waals surface area contributed by atoms with E-state index >= 15 is 0 Å². The SMILES string of the molecule is COC(=O)C(CCc1ccccc1)CC(C)=O. The molecule has 0 saturated heterocycles. The Morgan fingerprint density at radius 1 is 1.24 bits per heavy atom. The van der Waals surface area contributed by atoms with Crippen molar-refractivity contribution in [3.05, 3.63) is 35.9 Å². The van der Waals surface area contributed by atoms with Crippen LogP contribution in [0.3, 0.4) is 0 Å². The molecule has 0 radical (unpaired) electrons. The number of hydrogen-bond donors (Lipinski definition) is 0. The maximum absolute atomic E-state index is 11.5. The average molecular weight is 234 g/mol. The normalized spacial score (nSPS) is 11.9. The Morgan fingerprint density at radius 2 is 1.88 bits per heavy atom. The van der Waals surface area contributed by atoms with Crippen LogP contribution in [-0.4, -0.2) is 18.9 Å². The smallest absolute Gasteiger partial charge is 0.309 e. The molecule has 3 nitrogen and oxygen atoms in total. The van der Waals surface area contributed by atoms with Crippen LogP contribution < -0.4 is 0 Å². The van der Waals surface area contributed by atoms with Crippen LogP contribution in [0.15, 0.2) is 30.3 Å². The molecule has 3 heteroatoms. The first-order valence-electron chi connectivity index (χ1n) is 5.74. The first-order chi connectivity index (χ1) is 8.13. The fourth-order valence-corrected chi connectivity index (χ4v) is 1.80. The Bertz CT molecular complexity index is 370. The van der Waals surface area contributed by atoms with Crippen LogP contribution >= 0.6 is 0 Å². The molecule has 1 rings (SSSR count). The van der Waals surface area contributed by atoms with Gasteiger partial charge in [-0.1, -0.05) is 30.3 Å². The van der Waals surface area contributed by atoms with E-state index in [1.165, 1.54) is 19.6 Å². The summed E-state index contributed by atoms with van der Waals surface area (Å²) in [5.41, 5.74) is 1.17. The number of benzene rings is 1. The van der Waals surface area contributed by atoms with Crippen LogP contribution in [0.2, 0.25) is 0 Å². The summed E-state index contributed by atoms with van der Waals surface area (Å²) in [6.07, 6.45) is 1.70. The Balaban J connectivity index is 2.55. The molecule has 0 spiro atoms.